The van der Waals surface area contributed by atoms with Gasteiger partial charge in [0, 0.05) is 29.6 Å². The molecule has 2 heterocycles. The Labute approximate surface area is 142 Å². The Morgan fingerprint density at radius 2 is 1.88 bits per heavy atom. The molecular formula is C17H12F3N2O2S. The number of hydrogen-bond donors (Lipinski definition) is 0. The first-order chi connectivity index (χ1) is 11.6. The van der Waals surface area contributed by atoms with Crippen molar-refractivity contribution in [2.75, 3.05) is 6.26 Å². The molecule has 0 saturated heterocycles. The Bertz CT molecular complexity index is 1030. The fourth-order valence-corrected chi connectivity index (χ4v) is 3.35. The van der Waals surface area contributed by atoms with Gasteiger partial charge < -0.3 is 0 Å². The molecule has 3 aromatic rings. The van der Waals surface area contributed by atoms with Crippen molar-refractivity contribution < 1.29 is 21.6 Å². The molecule has 0 fully saturated rings. The van der Waals surface area contributed by atoms with Crippen molar-refractivity contribution in [1.29, 1.82) is 0 Å². The smallest absolute Gasteiger partial charge is 0.264 e. The van der Waals surface area contributed by atoms with Gasteiger partial charge in [0.15, 0.2) is 9.84 Å². The van der Waals surface area contributed by atoms with Gasteiger partial charge in [0.05, 0.1) is 22.5 Å². The third-order valence-corrected chi connectivity index (χ3v) is 4.62. The molecule has 1 aromatic carbocycles. The van der Waals surface area contributed by atoms with Crippen LogP contribution in [0.2, 0.25) is 0 Å². The molecule has 0 aliphatic rings. The summed E-state index contributed by atoms with van der Waals surface area (Å²) >= 11 is 0. The van der Waals surface area contributed by atoms with Crippen molar-refractivity contribution in [2.24, 2.45) is 0 Å². The van der Waals surface area contributed by atoms with Gasteiger partial charge in [0.1, 0.15) is 0 Å². The minimum absolute atomic E-state index is 0.0222. The number of sulfone groups is 1. The van der Waals surface area contributed by atoms with Crippen LogP contribution in [0.15, 0.2) is 53.7 Å². The maximum absolute atomic E-state index is 12.9. The van der Waals surface area contributed by atoms with Gasteiger partial charge in [-0.05, 0) is 29.8 Å². The second kappa shape index (κ2) is 6.11. The Morgan fingerprint density at radius 1 is 1.12 bits per heavy atom. The van der Waals surface area contributed by atoms with Crippen molar-refractivity contribution in [3.8, 4) is 11.3 Å². The monoisotopic (exact) mass is 365 g/mol. The lowest BCUT2D eigenvalue weighted by molar-refractivity contribution is -0.0927. The summed E-state index contributed by atoms with van der Waals surface area (Å²) in [5.74, 6) is 0. The van der Waals surface area contributed by atoms with Crippen molar-refractivity contribution in [1.82, 2.24) is 9.97 Å². The Kier molecular flexibility index (Phi) is 4.24. The van der Waals surface area contributed by atoms with Crippen LogP contribution in [0.25, 0.3) is 22.2 Å². The molecular weight excluding hydrogens is 353 g/mol. The number of pyridine rings is 2. The highest BCUT2D eigenvalue weighted by molar-refractivity contribution is 7.91. The van der Waals surface area contributed by atoms with Crippen LogP contribution in [0.4, 0.5) is 13.2 Å². The van der Waals surface area contributed by atoms with E-state index in [1.165, 1.54) is 36.7 Å². The standard InChI is InChI=1S/C17H12F3N2O2S/c1-25(23,24)14-6-2-4-11-8-13(9-17(18,19)20)15(22-16(11)14)12-5-3-7-21-10-12/h2-10H,1H3. The Hall–Kier alpha value is -2.48. The van der Waals surface area contributed by atoms with Crippen molar-refractivity contribution in [2.45, 2.75) is 11.1 Å². The predicted molar refractivity (Wildman–Crippen MR) is 87.5 cm³/mol. The number of benzene rings is 1. The van der Waals surface area contributed by atoms with E-state index in [4.69, 9.17) is 0 Å². The fourth-order valence-electron chi connectivity index (χ4n) is 2.51. The summed E-state index contributed by atoms with van der Waals surface area (Å²) in [6.07, 6.45) is -0.497. The van der Waals surface area contributed by atoms with Crippen molar-refractivity contribution >= 4 is 20.7 Å². The van der Waals surface area contributed by atoms with Gasteiger partial charge in [-0.15, -0.1) is 0 Å². The lowest BCUT2D eigenvalue weighted by Crippen LogP contribution is -2.11. The van der Waals surface area contributed by atoms with Crippen molar-refractivity contribution in [3.05, 3.63) is 60.8 Å². The average molecular weight is 365 g/mol. The lowest BCUT2D eigenvalue weighted by atomic mass is 10.0. The minimum atomic E-state index is -4.54. The number of alkyl halides is 3. The predicted octanol–water partition coefficient (Wildman–Crippen LogP) is 3.81. The van der Waals surface area contributed by atoms with E-state index in [1.54, 1.807) is 12.1 Å². The van der Waals surface area contributed by atoms with E-state index >= 15 is 0 Å². The van der Waals surface area contributed by atoms with Crippen LogP contribution in [0.1, 0.15) is 5.56 Å². The zero-order valence-electron chi connectivity index (χ0n) is 12.9. The molecule has 0 bridgehead atoms. The number of halogens is 3. The summed E-state index contributed by atoms with van der Waals surface area (Å²) in [4.78, 5) is 8.11. The van der Waals surface area contributed by atoms with E-state index < -0.39 is 16.0 Å². The van der Waals surface area contributed by atoms with Gasteiger partial charge >= 0.3 is 6.18 Å². The molecule has 0 amide bonds. The SMILES string of the molecule is CS(=O)(=O)c1cccc2cc([CH]C(F)(F)F)c(-c3cccnc3)nc12. The number of fused-ring (bicyclic) bond motifs is 1. The van der Waals surface area contributed by atoms with Crippen LogP contribution in [-0.4, -0.2) is 30.8 Å². The molecule has 0 spiro atoms. The van der Waals surface area contributed by atoms with Gasteiger partial charge in [0.25, 0.3) is 0 Å². The molecule has 129 valence electrons. The molecule has 0 unspecified atom stereocenters. The number of nitrogens with zero attached hydrogens (tertiary/aromatic N) is 2. The number of aromatic nitrogens is 2. The molecule has 3 rings (SSSR count). The second-order valence-corrected chi connectivity index (χ2v) is 7.44. The molecule has 0 saturated carbocycles. The summed E-state index contributed by atoms with van der Waals surface area (Å²) in [5, 5.41) is 0.311. The first-order valence-corrected chi connectivity index (χ1v) is 9.01. The topological polar surface area (TPSA) is 59.9 Å². The summed E-state index contributed by atoms with van der Waals surface area (Å²) < 4.78 is 62.7. The molecule has 0 aliphatic heterocycles. The molecule has 25 heavy (non-hydrogen) atoms. The lowest BCUT2D eigenvalue weighted by Gasteiger charge is -2.13. The molecule has 0 N–H and O–H groups in total. The fraction of sp³-hybridized carbons (Fsp3) is 0.118. The van der Waals surface area contributed by atoms with Gasteiger partial charge in [-0.25, -0.2) is 13.4 Å². The highest BCUT2D eigenvalue weighted by Crippen LogP contribution is 2.33. The first kappa shape index (κ1) is 17.3. The first-order valence-electron chi connectivity index (χ1n) is 7.12. The summed E-state index contributed by atoms with van der Waals surface area (Å²) in [6.45, 7) is 0. The summed E-state index contributed by atoms with van der Waals surface area (Å²) in [5.41, 5.74) is 0.360. The number of hydrogen-bond acceptors (Lipinski definition) is 4. The zero-order chi connectivity index (χ0) is 18.2. The summed E-state index contributed by atoms with van der Waals surface area (Å²) in [6, 6.07) is 8.80. The second-order valence-electron chi connectivity index (χ2n) is 5.45. The number of para-hydroxylation sites is 1. The molecule has 8 heteroatoms. The maximum atomic E-state index is 12.9. The van der Waals surface area contributed by atoms with Gasteiger partial charge in [-0.2, -0.15) is 13.2 Å². The van der Waals surface area contributed by atoms with E-state index in [0.717, 1.165) is 6.26 Å². The van der Waals surface area contributed by atoms with Crippen LogP contribution in [0.3, 0.4) is 0 Å². The van der Waals surface area contributed by atoms with E-state index in [9.17, 15) is 21.6 Å². The number of rotatable bonds is 3. The Morgan fingerprint density at radius 3 is 2.48 bits per heavy atom. The van der Waals surface area contributed by atoms with E-state index in [1.807, 2.05) is 0 Å². The molecule has 4 nitrogen and oxygen atoms in total. The third kappa shape index (κ3) is 3.79. The minimum Gasteiger partial charge on any atom is -0.264 e. The normalized spacial score (nSPS) is 12.5. The maximum Gasteiger partial charge on any atom is 0.396 e. The van der Waals surface area contributed by atoms with Crippen LogP contribution in [0.5, 0.6) is 0 Å². The highest BCUT2D eigenvalue weighted by atomic mass is 32.2. The quantitative estimate of drug-likeness (QED) is 0.708. The van der Waals surface area contributed by atoms with Crippen molar-refractivity contribution in [3.63, 3.8) is 0 Å². The molecule has 0 atom stereocenters. The van der Waals surface area contributed by atoms with E-state index in [2.05, 4.69) is 9.97 Å². The van der Waals surface area contributed by atoms with Gasteiger partial charge in [-0.1, -0.05) is 12.1 Å². The summed E-state index contributed by atoms with van der Waals surface area (Å²) in [7, 11) is -3.59. The van der Waals surface area contributed by atoms with E-state index in [0.29, 0.717) is 10.9 Å². The van der Waals surface area contributed by atoms with E-state index in [-0.39, 0.29) is 28.1 Å². The zero-order valence-corrected chi connectivity index (χ0v) is 13.8. The molecule has 2 aromatic heterocycles. The van der Waals surface area contributed by atoms with Crippen LogP contribution < -0.4 is 0 Å². The van der Waals surface area contributed by atoms with Crippen LogP contribution >= 0.6 is 0 Å². The largest absolute Gasteiger partial charge is 0.396 e. The Balaban J connectivity index is 2.35. The molecule has 1 radical (unpaired) electrons. The van der Waals surface area contributed by atoms with Gasteiger partial charge in [-0.3, -0.25) is 4.98 Å². The third-order valence-electron chi connectivity index (χ3n) is 3.49. The van der Waals surface area contributed by atoms with Crippen LogP contribution in [0, 0.1) is 6.42 Å². The average Bonchev–Trinajstić information content (AvgIpc) is 2.52. The highest BCUT2D eigenvalue weighted by Gasteiger charge is 2.31. The van der Waals surface area contributed by atoms with Gasteiger partial charge in [0.2, 0.25) is 0 Å². The molecule has 0 aliphatic carbocycles. The van der Waals surface area contributed by atoms with Crippen LogP contribution in [-0.2, 0) is 9.84 Å².